The van der Waals surface area contributed by atoms with E-state index in [1.54, 1.807) is 37.0 Å². The lowest BCUT2D eigenvalue weighted by molar-refractivity contribution is 0.0963. The quantitative estimate of drug-likeness (QED) is 0.670. The molecule has 0 fully saturated rings. The van der Waals surface area contributed by atoms with E-state index in [1.807, 2.05) is 24.3 Å². The summed E-state index contributed by atoms with van der Waals surface area (Å²) in [5.41, 5.74) is 8.26. The number of rotatable bonds is 4. The monoisotopic (exact) mass is 306 g/mol. The lowest BCUT2D eigenvalue weighted by Gasteiger charge is -2.09. The number of hydrogen-bond donors (Lipinski definition) is 2. The molecule has 0 aromatic heterocycles. The van der Waals surface area contributed by atoms with E-state index in [2.05, 4.69) is 5.32 Å². The molecule has 0 heterocycles. The molecule has 0 bridgehead atoms. The van der Waals surface area contributed by atoms with Gasteiger partial charge in [0.2, 0.25) is 0 Å². The highest BCUT2D eigenvalue weighted by atomic mass is 35.5. The van der Waals surface area contributed by atoms with Gasteiger partial charge in [0.25, 0.3) is 5.91 Å². The van der Waals surface area contributed by atoms with E-state index < -0.39 is 0 Å². The maximum atomic E-state index is 11.6. The van der Waals surface area contributed by atoms with Gasteiger partial charge in [-0.1, -0.05) is 29.8 Å². The highest BCUT2D eigenvalue weighted by Gasteiger charge is 2.08. The van der Waals surface area contributed by atoms with Gasteiger partial charge in [-0.15, -0.1) is 11.8 Å². The van der Waals surface area contributed by atoms with Crippen molar-refractivity contribution in [3.8, 4) is 0 Å². The number of carbonyl (C=O) groups excluding carboxylic acids is 1. The number of thioether (sulfide) groups is 1. The highest BCUT2D eigenvalue weighted by Crippen LogP contribution is 2.31. The Balaban J connectivity index is 2.17. The predicted molar refractivity (Wildman–Crippen MR) is 85.3 cm³/mol. The molecule has 0 saturated carbocycles. The second kappa shape index (κ2) is 6.68. The standard InChI is InChI=1S/C15H15ClN2OS/c1-18-15(19)10-6-7-13(17)14(8-10)20-9-11-4-2-3-5-12(11)16/h2-8H,9,17H2,1H3,(H,18,19). The van der Waals surface area contributed by atoms with Crippen molar-refractivity contribution in [3.05, 3.63) is 58.6 Å². The van der Waals surface area contributed by atoms with Crippen molar-refractivity contribution in [2.75, 3.05) is 12.8 Å². The van der Waals surface area contributed by atoms with Gasteiger partial charge in [0.05, 0.1) is 0 Å². The molecule has 0 unspecified atom stereocenters. The summed E-state index contributed by atoms with van der Waals surface area (Å²) in [5.74, 6) is 0.589. The minimum atomic E-state index is -0.121. The predicted octanol–water partition coefficient (Wildman–Crippen LogP) is 3.57. The minimum absolute atomic E-state index is 0.121. The van der Waals surface area contributed by atoms with Gasteiger partial charge in [-0.25, -0.2) is 0 Å². The Labute approximate surface area is 127 Å². The topological polar surface area (TPSA) is 55.1 Å². The van der Waals surface area contributed by atoms with E-state index in [0.29, 0.717) is 17.0 Å². The van der Waals surface area contributed by atoms with E-state index >= 15 is 0 Å². The Kier molecular flexibility index (Phi) is 4.93. The second-order valence-electron chi connectivity index (χ2n) is 4.21. The molecule has 0 atom stereocenters. The number of nitrogens with one attached hydrogen (secondary N) is 1. The van der Waals surface area contributed by atoms with Crippen LogP contribution in [0.25, 0.3) is 0 Å². The smallest absolute Gasteiger partial charge is 0.251 e. The average molecular weight is 307 g/mol. The summed E-state index contributed by atoms with van der Waals surface area (Å²) in [6, 6.07) is 13.0. The summed E-state index contributed by atoms with van der Waals surface area (Å²) in [4.78, 5) is 12.5. The minimum Gasteiger partial charge on any atom is -0.398 e. The molecule has 20 heavy (non-hydrogen) atoms. The first-order valence-corrected chi connectivity index (χ1v) is 7.46. The fourth-order valence-electron chi connectivity index (χ4n) is 1.72. The number of amides is 1. The third-order valence-electron chi connectivity index (χ3n) is 2.84. The fourth-order valence-corrected chi connectivity index (χ4v) is 3.01. The molecule has 0 aliphatic rings. The van der Waals surface area contributed by atoms with Gasteiger partial charge >= 0.3 is 0 Å². The van der Waals surface area contributed by atoms with Crippen molar-refractivity contribution in [1.29, 1.82) is 0 Å². The molecule has 0 saturated heterocycles. The third kappa shape index (κ3) is 3.46. The van der Waals surface area contributed by atoms with E-state index in [1.165, 1.54) is 0 Å². The van der Waals surface area contributed by atoms with Crippen LogP contribution in [0.5, 0.6) is 0 Å². The van der Waals surface area contributed by atoms with E-state index in [4.69, 9.17) is 17.3 Å². The maximum Gasteiger partial charge on any atom is 0.251 e. The van der Waals surface area contributed by atoms with Crippen LogP contribution in [0.15, 0.2) is 47.4 Å². The van der Waals surface area contributed by atoms with Crippen molar-refractivity contribution in [3.63, 3.8) is 0 Å². The highest BCUT2D eigenvalue weighted by molar-refractivity contribution is 7.98. The Bertz CT molecular complexity index is 631. The molecule has 3 N–H and O–H groups in total. The van der Waals surface area contributed by atoms with Crippen molar-refractivity contribution >= 4 is 35.0 Å². The van der Waals surface area contributed by atoms with Gasteiger partial charge in [-0.2, -0.15) is 0 Å². The first kappa shape index (κ1) is 14.8. The molecule has 2 rings (SSSR count). The largest absolute Gasteiger partial charge is 0.398 e. The van der Waals surface area contributed by atoms with Gasteiger partial charge in [-0.3, -0.25) is 4.79 Å². The van der Waals surface area contributed by atoms with Gasteiger partial charge in [-0.05, 0) is 29.8 Å². The normalized spacial score (nSPS) is 10.3. The Morgan fingerprint density at radius 2 is 2.05 bits per heavy atom. The first-order valence-electron chi connectivity index (χ1n) is 6.09. The van der Waals surface area contributed by atoms with Crippen LogP contribution in [0.4, 0.5) is 5.69 Å². The van der Waals surface area contributed by atoms with Crippen LogP contribution in [-0.2, 0) is 5.75 Å². The Morgan fingerprint density at radius 1 is 1.30 bits per heavy atom. The molecule has 0 aliphatic heterocycles. The van der Waals surface area contributed by atoms with Gasteiger partial charge in [0.15, 0.2) is 0 Å². The van der Waals surface area contributed by atoms with Crippen LogP contribution in [0, 0.1) is 0 Å². The maximum absolute atomic E-state index is 11.6. The number of nitrogens with two attached hydrogens (primary N) is 1. The van der Waals surface area contributed by atoms with Crippen LogP contribution in [0.2, 0.25) is 5.02 Å². The summed E-state index contributed by atoms with van der Waals surface area (Å²) in [6.07, 6.45) is 0. The molecule has 2 aromatic carbocycles. The number of nitrogen functional groups attached to an aromatic ring is 1. The lowest BCUT2D eigenvalue weighted by atomic mass is 10.2. The summed E-state index contributed by atoms with van der Waals surface area (Å²) < 4.78 is 0. The van der Waals surface area contributed by atoms with Crippen LogP contribution in [0.1, 0.15) is 15.9 Å². The Hall–Kier alpha value is -1.65. The number of halogens is 1. The number of carbonyl (C=O) groups is 1. The second-order valence-corrected chi connectivity index (χ2v) is 5.64. The zero-order valence-electron chi connectivity index (χ0n) is 11.0. The molecule has 3 nitrogen and oxygen atoms in total. The van der Waals surface area contributed by atoms with Gasteiger partial charge < -0.3 is 11.1 Å². The van der Waals surface area contributed by atoms with Crippen molar-refractivity contribution in [2.24, 2.45) is 0 Å². The number of hydrogen-bond acceptors (Lipinski definition) is 3. The van der Waals surface area contributed by atoms with Crippen molar-refractivity contribution in [1.82, 2.24) is 5.32 Å². The van der Waals surface area contributed by atoms with E-state index in [9.17, 15) is 4.79 Å². The zero-order valence-corrected chi connectivity index (χ0v) is 12.6. The molecule has 104 valence electrons. The van der Waals surface area contributed by atoms with Crippen molar-refractivity contribution < 1.29 is 4.79 Å². The summed E-state index contributed by atoms with van der Waals surface area (Å²) >= 11 is 7.69. The summed E-state index contributed by atoms with van der Waals surface area (Å²) in [7, 11) is 1.61. The lowest BCUT2D eigenvalue weighted by Crippen LogP contribution is -2.17. The van der Waals surface area contributed by atoms with Crippen LogP contribution in [-0.4, -0.2) is 13.0 Å². The van der Waals surface area contributed by atoms with Crippen LogP contribution < -0.4 is 11.1 Å². The van der Waals surface area contributed by atoms with Gasteiger partial charge in [0, 0.05) is 34.0 Å². The summed E-state index contributed by atoms with van der Waals surface area (Å²) in [5, 5.41) is 3.34. The first-order chi connectivity index (χ1) is 9.61. The Morgan fingerprint density at radius 3 is 2.75 bits per heavy atom. The van der Waals surface area contributed by atoms with E-state index in [-0.39, 0.29) is 5.91 Å². The molecule has 0 aliphatic carbocycles. The third-order valence-corrected chi connectivity index (χ3v) is 4.33. The van der Waals surface area contributed by atoms with Gasteiger partial charge in [0.1, 0.15) is 0 Å². The molecule has 2 aromatic rings. The van der Waals surface area contributed by atoms with Crippen LogP contribution in [0.3, 0.4) is 0 Å². The van der Waals surface area contributed by atoms with Crippen LogP contribution >= 0.6 is 23.4 Å². The fraction of sp³-hybridized carbons (Fsp3) is 0.133. The zero-order chi connectivity index (χ0) is 14.5. The van der Waals surface area contributed by atoms with Crippen molar-refractivity contribution in [2.45, 2.75) is 10.6 Å². The number of benzene rings is 2. The molecule has 0 spiro atoms. The molecular weight excluding hydrogens is 292 g/mol. The summed E-state index contributed by atoms with van der Waals surface area (Å²) in [6.45, 7) is 0. The number of anilines is 1. The molecule has 0 radical (unpaired) electrons. The SMILES string of the molecule is CNC(=O)c1ccc(N)c(SCc2ccccc2Cl)c1. The molecular formula is C15H15ClN2OS. The van der Waals surface area contributed by atoms with E-state index in [0.717, 1.165) is 15.5 Å². The molecule has 1 amide bonds. The molecule has 5 heteroatoms. The average Bonchev–Trinajstić information content (AvgIpc) is 2.47.